The Morgan fingerprint density at radius 1 is 1.04 bits per heavy atom. The number of benzene rings is 2. The number of alkyl halides is 3. The van der Waals surface area contributed by atoms with Crippen molar-refractivity contribution in [3.05, 3.63) is 59.2 Å². The molecular formula is C19H18F3NO3. The van der Waals surface area contributed by atoms with Crippen molar-refractivity contribution in [2.45, 2.75) is 25.4 Å². The van der Waals surface area contributed by atoms with E-state index in [0.29, 0.717) is 11.5 Å². The van der Waals surface area contributed by atoms with Gasteiger partial charge in [-0.1, -0.05) is 26.0 Å². The predicted octanol–water partition coefficient (Wildman–Crippen LogP) is 4.14. The highest BCUT2D eigenvalue weighted by Gasteiger charge is 2.31. The Hall–Kier alpha value is -2.70. The maximum atomic E-state index is 12.8. The van der Waals surface area contributed by atoms with Gasteiger partial charge in [0.05, 0.1) is 5.56 Å². The second-order valence-corrected chi connectivity index (χ2v) is 6.71. The maximum absolute atomic E-state index is 12.8. The number of nitrogens with one attached hydrogen (secondary N) is 1. The highest BCUT2D eigenvalue weighted by molar-refractivity contribution is 5.94. The fraction of sp³-hybridized carbons (Fsp3) is 0.316. The first-order valence-corrected chi connectivity index (χ1v) is 8.02. The molecule has 1 N–H and O–H groups in total. The number of hydrogen-bond acceptors (Lipinski definition) is 3. The Morgan fingerprint density at radius 2 is 1.77 bits per heavy atom. The monoisotopic (exact) mass is 365 g/mol. The first-order chi connectivity index (χ1) is 12.2. The van der Waals surface area contributed by atoms with Crippen LogP contribution in [0.4, 0.5) is 13.2 Å². The number of rotatable bonds is 4. The third-order valence-corrected chi connectivity index (χ3v) is 4.30. The van der Waals surface area contributed by atoms with Crippen LogP contribution in [0.3, 0.4) is 0 Å². The first-order valence-electron chi connectivity index (χ1n) is 8.02. The Bertz CT molecular complexity index is 831. The molecule has 0 saturated heterocycles. The molecule has 0 saturated carbocycles. The molecule has 1 aliphatic rings. The van der Waals surface area contributed by atoms with Crippen LogP contribution in [0, 0.1) is 0 Å². The van der Waals surface area contributed by atoms with Gasteiger partial charge in [0.25, 0.3) is 5.91 Å². The van der Waals surface area contributed by atoms with Crippen molar-refractivity contribution in [2.24, 2.45) is 0 Å². The van der Waals surface area contributed by atoms with Gasteiger partial charge in [-0.05, 0) is 35.9 Å². The number of fused-ring (bicyclic) bond motifs is 1. The lowest BCUT2D eigenvalue weighted by Gasteiger charge is -2.26. The zero-order valence-corrected chi connectivity index (χ0v) is 14.3. The lowest BCUT2D eigenvalue weighted by Crippen LogP contribution is -2.36. The summed E-state index contributed by atoms with van der Waals surface area (Å²) in [6.07, 6.45) is -4.48. The van der Waals surface area contributed by atoms with Crippen LogP contribution in [0.25, 0.3) is 0 Å². The molecule has 0 bridgehead atoms. The first kappa shape index (κ1) is 18.1. The molecule has 0 aromatic heterocycles. The Balaban J connectivity index is 1.70. The van der Waals surface area contributed by atoms with Gasteiger partial charge >= 0.3 is 6.18 Å². The van der Waals surface area contributed by atoms with Crippen LogP contribution in [-0.2, 0) is 11.6 Å². The van der Waals surface area contributed by atoms with E-state index in [4.69, 9.17) is 9.47 Å². The molecule has 4 nitrogen and oxygen atoms in total. The van der Waals surface area contributed by atoms with Gasteiger partial charge in [-0.3, -0.25) is 4.79 Å². The molecule has 0 spiro atoms. The molecule has 0 unspecified atom stereocenters. The van der Waals surface area contributed by atoms with E-state index in [1.165, 1.54) is 12.1 Å². The molecule has 0 aliphatic carbocycles. The molecular weight excluding hydrogens is 347 g/mol. The Kier molecular flexibility index (Phi) is 4.56. The normalized spacial score (nSPS) is 13.6. The van der Waals surface area contributed by atoms with Gasteiger partial charge in [-0.25, -0.2) is 0 Å². The third-order valence-electron chi connectivity index (χ3n) is 4.30. The van der Waals surface area contributed by atoms with Crippen molar-refractivity contribution < 1.29 is 27.4 Å². The van der Waals surface area contributed by atoms with Crippen molar-refractivity contribution in [3.63, 3.8) is 0 Å². The van der Waals surface area contributed by atoms with Crippen molar-refractivity contribution >= 4 is 5.91 Å². The van der Waals surface area contributed by atoms with Crippen LogP contribution in [0.1, 0.15) is 35.3 Å². The second kappa shape index (κ2) is 6.55. The predicted molar refractivity (Wildman–Crippen MR) is 89.4 cm³/mol. The lowest BCUT2D eigenvalue weighted by molar-refractivity contribution is -0.137. The van der Waals surface area contributed by atoms with Crippen molar-refractivity contribution in [1.29, 1.82) is 0 Å². The van der Waals surface area contributed by atoms with Gasteiger partial charge in [-0.15, -0.1) is 0 Å². The third kappa shape index (κ3) is 3.76. The minimum absolute atomic E-state index is 0.0266. The smallest absolute Gasteiger partial charge is 0.416 e. The number of carbonyl (C=O) groups excluding carboxylic acids is 1. The van der Waals surface area contributed by atoms with Crippen LogP contribution in [0.15, 0.2) is 42.5 Å². The van der Waals surface area contributed by atoms with Gasteiger partial charge in [0.1, 0.15) is 0 Å². The molecule has 2 aromatic carbocycles. The minimum Gasteiger partial charge on any atom is -0.454 e. The fourth-order valence-corrected chi connectivity index (χ4v) is 2.66. The lowest BCUT2D eigenvalue weighted by atomic mass is 9.84. The minimum atomic E-state index is -4.48. The van der Waals surface area contributed by atoms with E-state index in [2.05, 4.69) is 5.32 Å². The van der Waals surface area contributed by atoms with Crippen LogP contribution in [0.5, 0.6) is 11.5 Å². The van der Waals surface area contributed by atoms with Crippen molar-refractivity contribution in [2.75, 3.05) is 13.3 Å². The van der Waals surface area contributed by atoms with Crippen LogP contribution < -0.4 is 14.8 Å². The number of hydrogen-bond donors (Lipinski definition) is 1. The SMILES string of the molecule is CC(C)(CNC(=O)c1cccc(C(F)(F)F)c1)c1ccc2c(c1)OCO2. The number of ether oxygens (including phenoxy) is 2. The van der Waals surface area contributed by atoms with E-state index in [1.807, 2.05) is 26.0 Å². The van der Waals surface area contributed by atoms with Gasteiger partial charge in [-0.2, -0.15) is 13.2 Å². The average molecular weight is 365 g/mol. The van der Waals surface area contributed by atoms with Crippen LogP contribution in [-0.4, -0.2) is 19.2 Å². The van der Waals surface area contributed by atoms with Crippen LogP contribution >= 0.6 is 0 Å². The number of carbonyl (C=O) groups is 1. The molecule has 1 heterocycles. The maximum Gasteiger partial charge on any atom is 0.416 e. The Morgan fingerprint density at radius 3 is 2.50 bits per heavy atom. The topological polar surface area (TPSA) is 47.6 Å². The molecule has 138 valence electrons. The van der Waals surface area contributed by atoms with E-state index < -0.39 is 23.1 Å². The zero-order chi connectivity index (χ0) is 18.9. The second-order valence-electron chi connectivity index (χ2n) is 6.71. The van der Waals surface area contributed by atoms with E-state index in [-0.39, 0.29) is 18.9 Å². The summed E-state index contributed by atoms with van der Waals surface area (Å²) in [5, 5.41) is 2.71. The summed E-state index contributed by atoms with van der Waals surface area (Å²) < 4.78 is 49.0. The van der Waals surface area contributed by atoms with Crippen LogP contribution in [0.2, 0.25) is 0 Å². The molecule has 0 atom stereocenters. The molecule has 26 heavy (non-hydrogen) atoms. The van der Waals surface area contributed by atoms with Crippen molar-refractivity contribution in [3.8, 4) is 11.5 Å². The molecule has 2 aromatic rings. The number of halogens is 3. The molecule has 1 aliphatic heterocycles. The summed E-state index contributed by atoms with van der Waals surface area (Å²) in [6, 6.07) is 9.89. The molecule has 1 amide bonds. The van der Waals surface area contributed by atoms with Crippen molar-refractivity contribution in [1.82, 2.24) is 5.32 Å². The van der Waals surface area contributed by atoms with Gasteiger partial charge in [0.2, 0.25) is 6.79 Å². The standard InChI is InChI=1S/C19H18F3NO3/c1-18(2,13-6-7-15-16(9-13)26-11-25-15)10-23-17(24)12-4-3-5-14(8-12)19(20,21)22/h3-9H,10-11H2,1-2H3,(H,23,24). The molecule has 0 radical (unpaired) electrons. The fourth-order valence-electron chi connectivity index (χ4n) is 2.66. The summed E-state index contributed by atoms with van der Waals surface area (Å²) >= 11 is 0. The summed E-state index contributed by atoms with van der Waals surface area (Å²) in [5.74, 6) is 0.752. The highest BCUT2D eigenvalue weighted by atomic mass is 19.4. The quantitative estimate of drug-likeness (QED) is 0.886. The van der Waals surface area contributed by atoms with Gasteiger partial charge < -0.3 is 14.8 Å². The van der Waals surface area contributed by atoms with E-state index in [0.717, 1.165) is 17.7 Å². The largest absolute Gasteiger partial charge is 0.454 e. The summed E-state index contributed by atoms with van der Waals surface area (Å²) in [5.41, 5.74) is -0.397. The van der Waals surface area contributed by atoms with E-state index >= 15 is 0 Å². The zero-order valence-electron chi connectivity index (χ0n) is 14.3. The molecule has 7 heteroatoms. The number of amides is 1. The van der Waals surface area contributed by atoms with Gasteiger partial charge in [0.15, 0.2) is 11.5 Å². The Labute approximate surface area is 148 Å². The van der Waals surface area contributed by atoms with Gasteiger partial charge in [0, 0.05) is 17.5 Å². The summed E-state index contributed by atoms with van der Waals surface area (Å²) in [6.45, 7) is 4.28. The van der Waals surface area contributed by atoms with E-state index in [9.17, 15) is 18.0 Å². The summed E-state index contributed by atoms with van der Waals surface area (Å²) in [7, 11) is 0. The molecule has 0 fully saturated rings. The highest BCUT2D eigenvalue weighted by Crippen LogP contribution is 2.36. The summed E-state index contributed by atoms with van der Waals surface area (Å²) in [4.78, 5) is 12.3. The average Bonchev–Trinajstić information content (AvgIpc) is 3.07. The van der Waals surface area contributed by atoms with E-state index in [1.54, 1.807) is 6.07 Å². The molecule has 3 rings (SSSR count).